The summed E-state index contributed by atoms with van der Waals surface area (Å²) in [6.07, 6.45) is 0. The first-order valence-electron chi connectivity index (χ1n) is 7.84. The minimum atomic E-state index is -0.256. The highest BCUT2D eigenvalue weighted by Gasteiger charge is 2.41. The molecule has 2 heterocycles. The molecular formula is C20H20N2. The van der Waals surface area contributed by atoms with Gasteiger partial charge in [-0.15, -0.1) is 0 Å². The molecule has 4 rings (SSSR count). The third-order valence-corrected chi connectivity index (χ3v) is 5.01. The molecule has 0 fully saturated rings. The van der Waals surface area contributed by atoms with Gasteiger partial charge in [0.2, 0.25) is 0 Å². The fourth-order valence-electron chi connectivity index (χ4n) is 3.82. The van der Waals surface area contributed by atoms with Crippen LogP contribution in [-0.2, 0) is 5.54 Å². The molecule has 0 spiro atoms. The average molecular weight is 288 g/mol. The predicted molar refractivity (Wildman–Crippen MR) is 89.2 cm³/mol. The summed E-state index contributed by atoms with van der Waals surface area (Å²) in [5.41, 5.74) is 6.15. The molecule has 1 aromatic heterocycles. The van der Waals surface area contributed by atoms with E-state index >= 15 is 0 Å². The number of aromatic nitrogens is 2. The van der Waals surface area contributed by atoms with Gasteiger partial charge in [-0.3, -0.25) is 4.68 Å². The minimum Gasteiger partial charge on any atom is -0.254 e. The van der Waals surface area contributed by atoms with E-state index in [0.29, 0.717) is 5.92 Å². The first-order chi connectivity index (χ1) is 10.6. The van der Waals surface area contributed by atoms with Gasteiger partial charge in [0, 0.05) is 11.6 Å². The Morgan fingerprint density at radius 2 is 1.68 bits per heavy atom. The van der Waals surface area contributed by atoms with Crippen LogP contribution >= 0.6 is 0 Å². The summed E-state index contributed by atoms with van der Waals surface area (Å²) in [4.78, 5) is 0. The van der Waals surface area contributed by atoms with Crippen LogP contribution in [0.5, 0.6) is 0 Å². The highest BCUT2D eigenvalue weighted by atomic mass is 15.3. The van der Waals surface area contributed by atoms with Crippen LogP contribution in [0.2, 0.25) is 0 Å². The van der Waals surface area contributed by atoms with E-state index < -0.39 is 0 Å². The van der Waals surface area contributed by atoms with E-state index in [0.717, 1.165) is 5.69 Å². The van der Waals surface area contributed by atoms with Crippen molar-refractivity contribution in [2.24, 2.45) is 0 Å². The molecule has 2 heteroatoms. The predicted octanol–water partition coefficient (Wildman–Crippen LogP) is 4.47. The third-order valence-electron chi connectivity index (χ3n) is 5.01. The minimum absolute atomic E-state index is 0.256. The number of rotatable bonds is 1. The van der Waals surface area contributed by atoms with Crippen molar-refractivity contribution < 1.29 is 0 Å². The molecule has 0 bridgehead atoms. The monoisotopic (exact) mass is 288 g/mol. The first-order valence-corrected chi connectivity index (χ1v) is 7.84. The second kappa shape index (κ2) is 4.57. The molecule has 2 aromatic carbocycles. The summed E-state index contributed by atoms with van der Waals surface area (Å²) in [6, 6.07) is 21.7. The highest BCUT2D eigenvalue weighted by molar-refractivity contribution is 5.50. The van der Waals surface area contributed by atoms with Crippen LogP contribution < -0.4 is 0 Å². The second-order valence-corrected chi connectivity index (χ2v) is 6.37. The molecule has 2 atom stereocenters. The highest BCUT2D eigenvalue weighted by Crippen LogP contribution is 2.45. The van der Waals surface area contributed by atoms with Crippen LogP contribution in [0.15, 0.2) is 60.7 Å². The smallest absolute Gasteiger partial charge is 0.110 e. The van der Waals surface area contributed by atoms with Gasteiger partial charge in [-0.25, -0.2) is 0 Å². The van der Waals surface area contributed by atoms with E-state index in [1.54, 1.807) is 0 Å². The Morgan fingerprint density at radius 1 is 1.00 bits per heavy atom. The van der Waals surface area contributed by atoms with Gasteiger partial charge in [-0.2, -0.15) is 5.10 Å². The zero-order valence-electron chi connectivity index (χ0n) is 13.2. The lowest BCUT2D eigenvalue weighted by Gasteiger charge is -2.40. The van der Waals surface area contributed by atoms with Gasteiger partial charge >= 0.3 is 0 Å². The molecule has 0 saturated heterocycles. The molecule has 0 amide bonds. The third kappa shape index (κ3) is 1.64. The van der Waals surface area contributed by atoms with Crippen molar-refractivity contribution in [3.8, 4) is 0 Å². The molecule has 2 unspecified atom stereocenters. The van der Waals surface area contributed by atoms with E-state index in [2.05, 4.69) is 86.1 Å². The van der Waals surface area contributed by atoms with Crippen LogP contribution in [0.25, 0.3) is 0 Å². The van der Waals surface area contributed by atoms with Gasteiger partial charge in [0.05, 0.1) is 5.69 Å². The Hall–Kier alpha value is -2.35. The van der Waals surface area contributed by atoms with Crippen LogP contribution in [-0.4, -0.2) is 9.78 Å². The fourth-order valence-corrected chi connectivity index (χ4v) is 3.82. The molecule has 0 radical (unpaired) electrons. The Balaban J connectivity index is 2.09. The maximum atomic E-state index is 4.85. The number of fused-ring (bicyclic) bond motifs is 2. The van der Waals surface area contributed by atoms with Crippen LogP contribution in [0.3, 0.4) is 0 Å². The Bertz CT molecular complexity index is 832. The molecule has 22 heavy (non-hydrogen) atoms. The topological polar surface area (TPSA) is 17.8 Å². The molecule has 1 aliphatic heterocycles. The lowest BCUT2D eigenvalue weighted by Crippen LogP contribution is -2.40. The van der Waals surface area contributed by atoms with Crippen molar-refractivity contribution >= 4 is 0 Å². The number of hydrogen-bond donors (Lipinski definition) is 0. The number of aryl methyl sites for hydroxylation is 1. The van der Waals surface area contributed by atoms with Crippen molar-refractivity contribution in [3.63, 3.8) is 0 Å². The largest absolute Gasteiger partial charge is 0.254 e. The van der Waals surface area contributed by atoms with E-state index in [-0.39, 0.29) is 5.54 Å². The molecule has 0 saturated carbocycles. The van der Waals surface area contributed by atoms with Crippen molar-refractivity contribution in [1.29, 1.82) is 0 Å². The van der Waals surface area contributed by atoms with Crippen molar-refractivity contribution in [2.45, 2.75) is 32.2 Å². The quantitative estimate of drug-likeness (QED) is 0.646. The Labute approximate surface area is 131 Å². The molecule has 1 aliphatic rings. The number of benzene rings is 2. The lowest BCUT2D eigenvalue weighted by molar-refractivity contribution is 0.382. The normalized spacial score (nSPS) is 23.0. The molecule has 2 nitrogen and oxygen atoms in total. The summed E-state index contributed by atoms with van der Waals surface area (Å²) in [5.74, 6) is 0.370. The molecule has 110 valence electrons. The lowest BCUT2D eigenvalue weighted by atomic mass is 9.75. The maximum Gasteiger partial charge on any atom is 0.110 e. The van der Waals surface area contributed by atoms with E-state index in [1.165, 1.54) is 22.4 Å². The van der Waals surface area contributed by atoms with E-state index in [1.807, 2.05) is 0 Å². The van der Waals surface area contributed by atoms with Gasteiger partial charge in [-0.05, 0) is 36.6 Å². The Morgan fingerprint density at radius 3 is 2.45 bits per heavy atom. The van der Waals surface area contributed by atoms with Crippen molar-refractivity contribution in [3.05, 3.63) is 88.7 Å². The first kappa shape index (κ1) is 13.3. The second-order valence-electron chi connectivity index (χ2n) is 6.37. The zero-order valence-corrected chi connectivity index (χ0v) is 13.2. The van der Waals surface area contributed by atoms with Crippen molar-refractivity contribution in [1.82, 2.24) is 9.78 Å². The molecule has 0 N–H and O–H groups in total. The number of hydrogen-bond acceptors (Lipinski definition) is 1. The van der Waals surface area contributed by atoms with Crippen molar-refractivity contribution in [2.75, 3.05) is 0 Å². The van der Waals surface area contributed by atoms with Crippen LogP contribution in [0.1, 0.15) is 47.8 Å². The fraction of sp³-hybridized carbons (Fsp3) is 0.250. The SMILES string of the molecule is Cc1cc2n(n1)C(C)(c1ccccc1)c1ccccc1C2C. The summed E-state index contributed by atoms with van der Waals surface area (Å²) < 4.78 is 2.23. The van der Waals surface area contributed by atoms with Gasteiger partial charge in [0.1, 0.15) is 5.54 Å². The Kier molecular flexibility index (Phi) is 2.77. The molecular weight excluding hydrogens is 268 g/mol. The zero-order chi connectivity index (χ0) is 15.3. The van der Waals surface area contributed by atoms with Gasteiger partial charge in [-0.1, -0.05) is 61.5 Å². The summed E-state index contributed by atoms with van der Waals surface area (Å²) in [5, 5.41) is 4.85. The standard InChI is InChI=1S/C20H20N2/c1-14-13-19-15(2)17-11-7-8-12-18(17)20(3,22(19)21-14)16-9-5-4-6-10-16/h4-13,15H,1-3H3. The maximum absolute atomic E-state index is 4.85. The summed E-state index contributed by atoms with van der Waals surface area (Å²) in [7, 11) is 0. The molecule has 3 aromatic rings. The van der Waals surface area contributed by atoms with Gasteiger partial charge in [0.15, 0.2) is 0 Å². The average Bonchev–Trinajstić information content (AvgIpc) is 2.96. The van der Waals surface area contributed by atoms with Crippen LogP contribution in [0.4, 0.5) is 0 Å². The summed E-state index contributed by atoms with van der Waals surface area (Å²) in [6.45, 7) is 6.63. The van der Waals surface area contributed by atoms with Gasteiger partial charge in [0.25, 0.3) is 0 Å². The number of nitrogens with zero attached hydrogens (tertiary/aromatic N) is 2. The van der Waals surface area contributed by atoms with Crippen LogP contribution in [0, 0.1) is 6.92 Å². The van der Waals surface area contributed by atoms with Gasteiger partial charge < -0.3 is 0 Å². The molecule has 0 aliphatic carbocycles. The summed E-state index contributed by atoms with van der Waals surface area (Å²) >= 11 is 0. The van der Waals surface area contributed by atoms with E-state index in [9.17, 15) is 0 Å². The van der Waals surface area contributed by atoms with E-state index in [4.69, 9.17) is 5.10 Å².